The van der Waals surface area contributed by atoms with Crippen LogP contribution < -0.4 is 0 Å². The summed E-state index contributed by atoms with van der Waals surface area (Å²) in [5, 5.41) is 3.00. The number of rotatable bonds is 2. The Balaban J connectivity index is 1.81. The van der Waals surface area contributed by atoms with E-state index in [2.05, 4.69) is 23.0 Å². The molecule has 3 heterocycles. The number of thiophene rings is 1. The molecule has 0 radical (unpaired) electrons. The quantitative estimate of drug-likeness (QED) is 0.853. The largest absolute Gasteiger partial charge is 0.337 e. The summed E-state index contributed by atoms with van der Waals surface area (Å²) >= 11 is 3.19. The number of carbonyl (C=O) groups is 1. The number of hydrogen-bond acceptors (Lipinski definition) is 5. The second-order valence-corrected chi connectivity index (χ2v) is 7.31. The van der Waals surface area contributed by atoms with Crippen molar-refractivity contribution < 1.29 is 4.79 Å². The summed E-state index contributed by atoms with van der Waals surface area (Å²) in [6, 6.07) is 4.07. The third kappa shape index (κ3) is 3.17. The number of aryl methyl sites for hydroxylation is 1. The first-order valence-electron chi connectivity index (χ1n) is 7.14. The van der Waals surface area contributed by atoms with Crippen LogP contribution in [0.4, 0.5) is 0 Å². The molecule has 21 heavy (non-hydrogen) atoms. The number of nitrogens with zero attached hydrogens (tertiary/aromatic N) is 3. The Kier molecular flexibility index (Phi) is 4.37. The van der Waals surface area contributed by atoms with Gasteiger partial charge in [0.25, 0.3) is 5.91 Å². The van der Waals surface area contributed by atoms with Gasteiger partial charge in [-0.05, 0) is 38.4 Å². The Morgan fingerprint density at radius 2 is 2.14 bits per heavy atom. The van der Waals surface area contributed by atoms with Crippen LogP contribution in [-0.2, 0) is 0 Å². The van der Waals surface area contributed by atoms with Crippen LogP contribution in [-0.4, -0.2) is 53.9 Å². The molecule has 0 bridgehead atoms. The first-order chi connectivity index (χ1) is 10.1. The van der Waals surface area contributed by atoms with Crippen LogP contribution in [0.25, 0.3) is 9.88 Å². The highest BCUT2D eigenvalue weighted by Crippen LogP contribution is 2.31. The minimum Gasteiger partial charge on any atom is -0.337 e. The molecule has 6 heteroatoms. The minimum atomic E-state index is 0.142. The smallest absolute Gasteiger partial charge is 0.265 e. The number of hydrogen-bond donors (Lipinski definition) is 0. The molecule has 3 rings (SSSR count). The fourth-order valence-electron chi connectivity index (χ4n) is 2.49. The van der Waals surface area contributed by atoms with Crippen molar-refractivity contribution in [1.29, 1.82) is 0 Å². The zero-order valence-corrected chi connectivity index (χ0v) is 14.0. The highest BCUT2D eigenvalue weighted by molar-refractivity contribution is 7.22. The average molecular weight is 321 g/mol. The fraction of sp³-hybridized carbons (Fsp3) is 0.467. The van der Waals surface area contributed by atoms with Gasteiger partial charge in [0, 0.05) is 19.6 Å². The van der Waals surface area contributed by atoms with Crippen molar-refractivity contribution in [3.05, 3.63) is 28.1 Å². The number of aromatic nitrogens is 1. The molecule has 112 valence electrons. The molecule has 1 aliphatic rings. The molecule has 1 amide bonds. The summed E-state index contributed by atoms with van der Waals surface area (Å²) in [5.41, 5.74) is 0.853. The standard InChI is InChI=1S/C15H19N3OS2/c1-11-13(21-14(16-11)12-5-3-10-20-12)15(19)18-7-4-6-17(2)8-9-18/h3,5,10H,4,6-9H2,1-2H3. The van der Waals surface area contributed by atoms with Gasteiger partial charge in [0.15, 0.2) is 0 Å². The molecule has 0 saturated carbocycles. The summed E-state index contributed by atoms with van der Waals surface area (Å²) in [6.07, 6.45) is 1.04. The van der Waals surface area contributed by atoms with Crippen LogP contribution in [0.3, 0.4) is 0 Å². The molecule has 1 aliphatic heterocycles. The lowest BCUT2D eigenvalue weighted by Gasteiger charge is -2.19. The van der Waals surface area contributed by atoms with Crippen molar-refractivity contribution >= 4 is 28.6 Å². The van der Waals surface area contributed by atoms with Crippen molar-refractivity contribution in [2.24, 2.45) is 0 Å². The zero-order chi connectivity index (χ0) is 14.8. The van der Waals surface area contributed by atoms with Crippen LogP contribution in [0, 0.1) is 6.92 Å². The summed E-state index contributed by atoms with van der Waals surface area (Å²) < 4.78 is 0. The lowest BCUT2D eigenvalue weighted by Crippen LogP contribution is -2.34. The molecule has 2 aromatic rings. The normalized spacial score (nSPS) is 17.0. The lowest BCUT2D eigenvalue weighted by molar-refractivity contribution is 0.0766. The van der Waals surface area contributed by atoms with Gasteiger partial charge in [0.05, 0.1) is 10.6 Å². The van der Waals surface area contributed by atoms with Crippen molar-refractivity contribution in [1.82, 2.24) is 14.8 Å². The van der Waals surface area contributed by atoms with Crippen molar-refractivity contribution in [3.8, 4) is 9.88 Å². The van der Waals surface area contributed by atoms with Crippen molar-refractivity contribution in [3.63, 3.8) is 0 Å². The van der Waals surface area contributed by atoms with Crippen LogP contribution >= 0.6 is 22.7 Å². The van der Waals surface area contributed by atoms with E-state index >= 15 is 0 Å². The van der Waals surface area contributed by atoms with Gasteiger partial charge < -0.3 is 9.80 Å². The van der Waals surface area contributed by atoms with Gasteiger partial charge in [-0.3, -0.25) is 4.79 Å². The van der Waals surface area contributed by atoms with Gasteiger partial charge in [0.2, 0.25) is 0 Å². The number of amides is 1. The van der Waals surface area contributed by atoms with Gasteiger partial charge in [0.1, 0.15) is 9.88 Å². The fourth-order valence-corrected chi connectivity index (χ4v) is 4.32. The summed E-state index contributed by atoms with van der Waals surface area (Å²) in [5.74, 6) is 0.142. The highest BCUT2D eigenvalue weighted by Gasteiger charge is 2.23. The molecule has 1 fully saturated rings. The molecular weight excluding hydrogens is 302 g/mol. The van der Waals surface area contributed by atoms with E-state index in [1.165, 1.54) is 11.3 Å². The monoisotopic (exact) mass is 321 g/mol. The van der Waals surface area contributed by atoms with Gasteiger partial charge in [-0.15, -0.1) is 22.7 Å². The van der Waals surface area contributed by atoms with E-state index in [9.17, 15) is 4.79 Å². The topological polar surface area (TPSA) is 36.4 Å². The molecule has 0 atom stereocenters. The molecular formula is C15H19N3OS2. The molecule has 4 nitrogen and oxygen atoms in total. The summed E-state index contributed by atoms with van der Waals surface area (Å²) in [4.78, 5) is 23.5. The summed E-state index contributed by atoms with van der Waals surface area (Å²) in [6.45, 7) is 5.59. The number of thiazole rings is 1. The third-order valence-corrected chi connectivity index (χ3v) is 5.91. The predicted molar refractivity (Wildman–Crippen MR) is 88.2 cm³/mol. The molecule has 0 aromatic carbocycles. The van der Waals surface area contributed by atoms with E-state index in [1.54, 1.807) is 11.3 Å². The SMILES string of the molecule is Cc1nc(-c2cccs2)sc1C(=O)N1CCCN(C)CC1. The predicted octanol–water partition coefficient (Wildman–Crippen LogP) is 2.96. The number of carbonyl (C=O) groups excluding carboxylic acids is 1. The van der Waals surface area contributed by atoms with Crippen LogP contribution in [0.1, 0.15) is 21.8 Å². The Morgan fingerprint density at radius 1 is 1.29 bits per heavy atom. The highest BCUT2D eigenvalue weighted by atomic mass is 32.1. The van der Waals surface area contributed by atoms with Crippen molar-refractivity contribution in [2.75, 3.05) is 33.2 Å². The molecule has 0 aliphatic carbocycles. The zero-order valence-electron chi connectivity index (χ0n) is 12.3. The minimum absolute atomic E-state index is 0.142. The van der Waals surface area contributed by atoms with E-state index in [0.29, 0.717) is 0 Å². The van der Waals surface area contributed by atoms with Crippen LogP contribution in [0.15, 0.2) is 17.5 Å². The van der Waals surface area contributed by atoms with Crippen LogP contribution in [0.2, 0.25) is 0 Å². The van der Waals surface area contributed by atoms with Crippen LogP contribution in [0.5, 0.6) is 0 Å². The maximum absolute atomic E-state index is 12.7. The van der Waals surface area contributed by atoms with Gasteiger partial charge in [-0.1, -0.05) is 6.07 Å². The Morgan fingerprint density at radius 3 is 2.90 bits per heavy atom. The lowest BCUT2D eigenvalue weighted by atomic mass is 10.3. The molecule has 0 spiro atoms. The molecule has 0 N–H and O–H groups in total. The van der Waals surface area contributed by atoms with E-state index < -0.39 is 0 Å². The molecule has 1 saturated heterocycles. The Hall–Kier alpha value is -1.24. The maximum Gasteiger partial charge on any atom is 0.265 e. The van der Waals surface area contributed by atoms with Gasteiger partial charge in [-0.25, -0.2) is 4.98 Å². The molecule has 0 unspecified atom stereocenters. The van der Waals surface area contributed by atoms with Gasteiger partial charge >= 0.3 is 0 Å². The molecule has 2 aromatic heterocycles. The first-order valence-corrected chi connectivity index (χ1v) is 8.84. The van der Waals surface area contributed by atoms with E-state index in [4.69, 9.17) is 0 Å². The second kappa shape index (κ2) is 6.25. The van der Waals surface area contributed by atoms with E-state index in [-0.39, 0.29) is 5.91 Å². The van der Waals surface area contributed by atoms with E-state index in [0.717, 1.165) is 53.1 Å². The number of likely N-dealkylation sites (N-methyl/N-ethyl adjacent to an activating group) is 1. The summed E-state index contributed by atoms with van der Waals surface area (Å²) in [7, 11) is 2.11. The third-order valence-electron chi connectivity index (χ3n) is 3.73. The Bertz CT molecular complexity index is 621. The van der Waals surface area contributed by atoms with E-state index in [1.807, 2.05) is 23.3 Å². The first kappa shape index (κ1) is 14.7. The second-order valence-electron chi connectivity index (χ2n) is 5.36. The maximum atomic E-state index is 12.7. The van der Waals surface area contributed by atoms with Crippen molar-refractivity contribution in [2.45, 2.75) is 13.3 Å². The van der Waals surface area contributed by atoms with Gasteiger partial charge in [-0.2, -0.15) is 0 Å². The average Bonchev–Trinajstić information content (AvgIpc) is 3.06. The Labute approximate surface area is 133 Å².